The van der Waals surface area contributed by atoms with Crippen LogP contribution in [-0.2, 0) is 14.3 Å². The van der Waals surface area contributed by atoms with E-state index in [9.17, 15) is 9.59 Å². The molecule has 21 heavy (non-hydrogen) atoms. The van der Waals surface area contributed by atoms with Crippen molar-refractivity contribution in [1.29, 1.82) is 0 Å². The van der Waals surface area contributed by atoms with E-state index in [0.717, 1.165) is 32.1 Å². The molecule has 0 aromatic carbocycles. The monoisotopic (exact) mass is 296 g/mol. The van der Waals surface area contributed by atoms with Gasteiger partial charge in [-0.2, -0.15) is 0 Å². The highest BCUT2D eigenvalue weighted by molar-refractivity contribution is 6.02. The molecule has 2 rings (SSSR count). The maximum Gasteiger partial charge on any atom is 0.249 e. The largest absolute Gasteiger partial charge is 0.385 e. The van der Waals surface area contributed by atoms with Crippen LogP contribution in [0.2, 0.25) is 0 Å². The van der Waals surface area contributed by atoms with E-state index in [1.54, 1.807) is 7.11 Å². The van der Waals surface area contributed by atoms with Gasteiger partial charge in [-0.25, -0.2) is 0 Å². The predicted molar refractivity (Wildman–Crippen MR) is 80.9 cm³/mol. The predicted octanol–water partition coefficient (Wildman–Crippen LogP) is 1.85. The Morgan fingerprint density at radius 2 is 1.81 bits per heavy atom. The summed E-state index contributed by atoms with van der Waals surface area (Å²) in [6, 6.07) is 0. The molecule has 0 aromatic rings. The molecule has 5 heteroatoms. The molecule has 0 radical (unpaired) electrons. The SMILES string of the molecule is CCC1(CC)C(=O)NC2(CCCC2)C(=O)N1CCCOC. The van der Waals surface area contributed by atoms with Crippen LogP contribution in [0.5, 0.6) is 0 Å². The van der Waals surface area contributed by atoms with Gasteiger partial charge < -0.3 is 15.0 Å². The molecule has 120 valence electrons. The van der Waals surface area contributed by atoms with Crippen LogP contribution in [-0.4, -0.2) is 48.1 Å². The topological polar surface area (TPSA) is 58.6 Å². The second-order valence-electron chi connectivity index (χ2n) is 6.29. The molecule has 1 saturated carbocycles. The van der Waals surface area contributed by atoms with Gasteiger partial charge in [0.1, 0.15) is 11.1 Å². The number of piperazine rings is 1. The Morgan fingerprint density at radius 1 is 1.19 bits per heavy atom. The number of nitrogens with zero attached hydrogens (tertiary/aromatic N) is 1. The zero-order valence-electron chi connectivity index (χ0n) is 13.5. The van der Waals surface area contributed by atoms with Crippen LogP contribution < -0.4 is 5.32 Å². The lowest BCUT2D eigenvalue weighted by Gasteiger charge is -2.51. The Kier molecular flexibility index (Phi) is 4.91. The van der Waals surface area contributed by atoms with E-state index >= 15 is 0 Å². The number of carbonyl (C=O) groups excluding carboxylic acids is 2. The summed E-state index contributed by atoms with van der Waals surface area (Å²) in [7, 11) is 1.66. The molecule has 1 aliphatic carbocycles. The van der Waals surface area contributed by atoms with Gasteiger partial charge in [0.2, 0.25) is 11.8 Å². The van der Waals surface area contributed by atoms with Crippen molar-refractivity contribution in [1.82, 2.24) is 10.2 Å². The molecular formula is C16H28N2O3. The van der Waals surface area contributed by atoms with Crippen molar-refractivity contribution in [3.63, 3.8) is 0 Å². The molecule has 1 heterocycles. The molecule has 5 nitrogen and oxygen atoms in total. The third-order valence-corrected chi connectivity index (χ3v) is 5.30. The molecule has 0 atom stereocenters. The summed E-state index contributed by atoms with van der Waals surface area (Å²) in [6.07, 6.45) is 5.68. The minimum Gasteiger partial charge on any atom is -0.385 e. The van der Waals surface area contributed by atoms with E-state index in [1.807, 2.05) is 18.7 Å². The van der Waals surface area contributed by atoms with E-state index < -0.39 is 11.1 Å². The highest BCUT2D eigenvalue weighted by atomic mass is 16.5. The number of hydrogen-bond acceptors (Lipinski definition) is 3. The van der Waals surface area contributed by atoms with Crippen LogP contribution in [0.25, 0.3) is 0 Å². The van der Waals surface area contributed by atoms with Gasteiger partial charge in [-0.05, 0) is 32.1 Å². The van der Waals surface area contributed by atoms with Crippen molar-refractivity contribution >= 4 is 11.8 Å². The minimum atomic E-state index is -0.682. The van der Waals surface area contributed by atoms with E-state index in [4.69, 9.17) is 4.74 Å². The Morgan fingerprint density at radius 3 is 2.33 bits per heavy atom. The molecule has 0 aromatic heterocycles. The first-order valence-electron chi connectivity index (χ1n) is 8.20. The standard InChI is InChI=1S/C16H28N2O3/c1-4-16(5-2)13(19)17-15(9-6-7-10-15)14(20)18(16)11-8-12-21-3/h4-12H2,1-3H3,(H,17,19). The summed E-state index contributed by atoms with van der Waals surface area (Å²) in [5.41, 5.74) is -1.31. The van der Waals surface area contributed by atoms with Crippen LogP contribution in [0.1, 0.15) is 58.8 Å². The van der Waals surface area contributed by atoms with Crippen molar-refractivity contribution in [2.45, 2.75) is 69.9 Å². The lowest BCUT2D eigenvalue weighted by molar-refractivity contribution is -0.164. The van der Waals surface area contributed by atoms with Gasteiger partial charge in [-0.1, -0.05) is 26.7 Å². The number of ether oxygens (including phenoxy) is 1. The van der Waals surface area contributed by atoms with Gasteiger partial charge in [0.15, 0.2) is 0 Å². The van der Waals surface area contributed by atoms with Gasteiger partial charge in [-0.3, -0.25) is 9.59 Å². The first kappa shape index (κ1) is 16.3. The Labute approximate surface area is 127 Å². The highest BCUT2D eigenvalue weighted by Crippen LogP contribution is 2.39. The van der Waals surface area contributed by atoms with E-state index in [2.05, 4.69) is 5.32 Å². The van der Waals surface area contributed by atoms with Crippen molar-refractivity contribution in [2.24, 2.45) is 0 Å². The number of rotatable bonds is 6. The fraction of sp³-hybridized carbons (Fsp3) is 0.875. The molecule has 0 bridgehead atoms. The highest BCUT2D eigenvalue weighted by Gasteiger charge is 2.57. The van der Waals surface area contributed by atoms with Gasteiger partial charge in [-0.15, -0.1) is 0 Å². The number of nitrogens with one attached hydrogen (secondary N) is 1. The van der Waals surface area contributed by atoms with Gasteiger partial charge in [0.05, 0.1) is 0 Å². The first-order valence-corrected chi connectivity index (χ1v) is 8.20. The van der Waals surface area contributed by atoms with Crippen LogP contribution in [0.4, 0.5) is 0 Å². The Balaban J connectivity index is 2.29. The van der Waals surface area contributed by atoms with Crippen molar-refractivity contribution in [3.8, 4) is 0 Å². The molecule has 1 N–H and O–H groups in total. The lowest BCUT2D eigenvalue weighted by atomic mass is 9.80. The minimum absolute atomic E-state index is 0.0337. The second kappa shape index (κ2) is 6.34. The molecule has 1 spiro atoms. The molecule has 2 aliphatic rings. The van der Waals surface area contributed by atoms with Gasteiger partial charge >= 0.3 is 0 Å². The summed E-state index contributed by atoms with van der Waals surface area (Å²) >= 11 is 0. The molecule has 2 amide bonds. The average Bonchev–Trinajstić information content (AvgIpc) is 2.95. The first-order chi connectivity index (χ1) is 10.1. The summed E-state index contributed by atoms with van der Waals surface area (Å²) in [4.78, 5) is 27.7. The fourth-order valence-electron chi connectivity index (χ4n) is 3.92. The van der Waals surface area contributed by atoms with Crippen LogP contribution >= 0.6 is 0 Å². The summed E-state index contributed by atoms with van der Waals surface area (Å²) < 4.78 is 5.11. The Bertz CT molecular complexity index is 398. The summed E-state index contributed by atoms with van der Waals surface area (Å²) in [5, 5.41) is 3.09. The smallest absolute Gasteiger partial charge is 0.249 e. The maximum absolute atomic E-state index is 13.1. The van der Waals surface area contributed by atoms with Crippen LogP contribution in [0.3, 0.4) is 0 Å². The van der Waals surface area contributed by atoms with E-state index in [0.29, 0.717) is 26.0 Å². The van der Waals surface area contributed by atoms with Crippen molar-refractivity contribution in [3.05, 3.63) is 0 Å². The van der Waals surface area contributed by atoms with Gasteiger partial charge in [0, 0.05) is 20.3 Å². The third kappa shape index (κ3) is 2.56. The number of methoxy groups -OCH3 is 1. The summed E-state index contributed by atoms with van der Waals surface area (Å²) in [6.45, 7) is 5.20. The fourth-order valence-corrected chi connectivity index (χ4v) is 3.92. The molecular weight excluding hydrogens is 268 g/mol. The Hall–Kier alpha value is -1.10. The van der Waals surface area contributed by atoms with Gasteiger partial charge in [0.25, 0.3) is 0 Å². The van der Waals surface area contributed by atoms with E-state index in [-0.39, 0.29) is 11.8 Å². The molecule has 2 fully saturated rings. The molecule has 1 saturated heterocycles. The average molecular weight is 296 g/mol. The van der Waals surface area contributed by atoms with Crippen LogP contribution in [0, 0.1) is 0 Å². The number of carbonyl (C=O) groups is 2. The zero-order valence-corrected chi connectivity index (χ0v) is 13.5. The molecule has 0 unspecified atom stereocenters. The lowest BCUT2D eigenvalue weighted by Crippen LogP contribution is -2.75. The number of hydrogen-bond donors (Lipinski definition) is 1. The molecule has 1 aliphatic heterocycles. The van der Waals surface area contributed by atoms with Crippen molar-refractivity contribution < 1.29 is 14.3 Å². The number of amides is 2. The zero-order chi connectivity index (χ0) is 15.5. The third-order valence-electron chi connectivity index (χ3n) is 5.30. The van der Waals surface area contributed by atoms with E-state index in [1.165, 1.54) is 0 Å². The van der Waals surface area contributed by atoms with Crippen LogP contribution in [0.15, 0.2) is 0 Å². The van der Waals surface area contributed by atoms with Crippen molar-refractivity contribution in [2.75, 3.05) is 20.3 Å². The second-order valence-corrected chi connectivity index (χ2v) is 6.29. The summed E-state index contributed by atoms with van der Waals surface area (Å²) in [5.74, 6) is 0.158. The quantitative estimate of drug-likeness (QED) is 0.761. The maximum atomic E-state index is 13.1. The normalized spacial score (nSPS) is 23.7.